The van der Waals surface area contributed by atoms with Crippen molar-refractivity contribution in [1.29, 1.82) is 0 Å². The van der Waals surface area contributed by atoms with E-state index in [1.54, 1.807) is 41.6 Å². The second-order valence-corrected chi connectivity index (χ2v) is 14.6. The Bertz CT molecular complexity index is 2060. The van der Waals surface area contributed by atoms with Gasteiger partial charge < -0.3 is 9.80 Å². The van der Waals surface area contributed by atoms with Gasteiger partial charge in [-0.25, -0.2) is 17.4 Å². The number of likely N-dealkylation sites (tertiary alicyclic amines) is 1. The van der Waals surface area contributed by atoms with Crippen LogP contribution in [0.3, 0.4) is 0 Å². The number of aromatic nitrogens is 2. The lowest BCUT2D eigenvalue weighted by Gasteiger charge is -2.30. The maximum Gasteiger partial charge on any atom is 0.269 e. The molecule has 2 aliphatic heterocycles. The third-order valence-corrected chi connectivity index (χ3v) is 11.3. The molecule has 7 nitrogen and oxygen atoms in total. The highest BCUT2D eigenvalue weighted by molar-refractivity contribution is 7.90. The summed E-state index contributed by atoms with van der Waals surface area (Å²) in [5.74, 6) is 0.578. The highest BCUT2D eigenvalue weighted by Crippen LogP contribution is 2.37. The number of carbonyl (C=O) groups is 1. The topological polar surface area (TPSA) is 75.5 Å². The predicted molar refractivity (Wildman–Crippen MR) is 179 cm³/mol. The van der Waals surface area contributed by atoms with Crippen LogP contribution in [0.1, 0.15) is 51.4 Å². The number of pyridine rings is 1. The van der Waals surface area contributed by atoms with Gasteiger partial charge in [-0.1, -0.05) is 48.0 Å². The second kappa shape index (κ2) is 11.3. The molecule has 5 aromatic rings. The molecule has 0 radical (unpaired) electrons. The van der Waals surface area contributed by atoms with E-state index in [9.17, 15) is 13.2 Å². The number of piperidine rings is 1. The van der Waals surface area contributed by atoms with Gasteiger partial charge in [-0.2, -0.15) is 0 Å². The lowest BCUT2D eigenvalue weighted by molar-refractivity contribution is 0.0781. The summed E-state index contributed by atoms with van der Waals surface area (Å²) in [6, 6.07) is 21.4. The van der Waals surface area contributed by atoms with Crippen LogP contribution < -0.4 is 0 Å². The second-order valence-electron chi connectivity index (χ2n) is 12.7. The molecular weight excluding hydrogens is 580 g/mol. The normalized spacial score (nSPS) is 16.4. The fourth-order valence-corrected chi connectivity index (χ4v) is 8.20. The smallest absolute Gasteiger partial charge is 0.269 e. The van der Waals surface area contributed by atoms with E-state index in [1.807, 2.05) is 32.2 Å². The van der Waals surface area contributed by atoms with Gasteiger partial charge in [0, 0.05) is 48.1 Å². The summed E-state index contributed by atoms with van der Waals surface area (Å²) in [5.41, 5.74) is 9.33. The molecule has 45 heavy (non-hydrogen) atoms. The molecule has 0 unspecified atom stereocenters. The molecule has 8 heteroatoms. The number of benzene rings is 3. The van der Waals surface area contributed by atoms with Crippen LogP contribution in [0.2, 0.25) is 0 Å². The largest absolute Gasteiger partial charge is 0.341 e. The first-order valence-corrected chi connectivity index (χ1v) is 17.1. The van der Waals surface area contributed by atoms with E-state index in [1.165, 1.54) is 27.9 Å². The molecule has 1 fully saturated rings. The first-order chi connectivity index (χ1) is 21.6. The first-order valence-electron chi connectivity index (χ1n) is 15.6. The van der Waals surface area contributed by atoms with Gasteiger partial charge in [0.2, 0.25) is 0 Å². The van der Waals surface area contributed by atoms with E-state index in [0.29, 0.717) is 23.7 Å². The molecule has 0 bridgehead atoms. The number of aryl methyl sites for hydroxylation is 2. The molecule has 2 aromatic heterocycles. The minimum absolute atomic E-state index is 0.00944. The van der Waals surface area contributed by atoms with Crippen molar-refractivity contribution in [1.82, 2.24) is 18.8 Å². The van der Waals surface area contributed by atoms with E-state index in [0.717, 1.165) is 58.3 Å². The van der Waals surface area contributed by atoms with Crippen molar-refractivity contribution in [3.8, 4) is 22.3 Å². The Hall–Kier alpha value is -4.27. The molecule has 1 saturated heterocycles. The Labute approximate surface area is 265 Å². The number of rotatable bonds is 5. The average molecular weight is 619 g/mol. The van der Waals surface area contributed by atoms with Gasteiger partial charge in [-0.15, -0.1) is 0 Å². The summed E-state index contributed by atoms with van der Waals surface area (Å²) in [4.78, 5) is 21.9. The van der Waals surface area contributed by atoms with Gasteiger partial charge in [0.05, 0.1) is 4.90 Å². The predicted octanol–water partition coefficient (Wildman–Crippen LogP) is 6.66. The van der Waals surface area contributed by atoms with Crippen molar-refractivity contribution in [3.05, 3.63) is 107 Å². The van der Waals surface area contributed by atoms with E-state index < -0.39 is 10.0 Å². The average Bonchev–Trinajstić information content (AvgIpc) is 3.43. The minimum atomic E-state index is -3.92. The molecule has 0 N–H and O–H groups in total. The van der Waals surface area contributed by atoms with Gasteiger partial charge in [-0.05, 0) is 111 Å². The number of amides is 1. The van der Waals surface area contributed by atoms with Crippen molar-refractivity contribution >= 4 is 27.0 Å². The molecule has 2 aliphatic rings. The number of fused-ring (bicyclic) bond motifs is 2. The standard InChI is InChI=1S/C37H38N4O3S/c1-24-5-9-31(10-6-24)45(43,44)41-23-35(28-8-12-33-29(20-28)15-18-40(4)37(33)42)34-21-30(22-38-36(34)41)27-7-11-32(25(2)19-27)26-13-16-39(3)17-14-26/h5-12,19-23,26H,13-18H2,1-4H3. The summed E-state index contributed by atoms with van der Waals surface area (Å²) >= 11 is 0. The molecule has 1 amide bonds. The molecule has 230 valence electrons. The lowest BCUT2D eigenvalue weighted by atomic mass is 9.86. The van der Waals surface area contributed by atoms with Crippen molar-refractivity contribution in [2.75, 3.05) is 33.7 Å². The highest BCUT2D eigenvalue weighted by Gasteiger charge is 2.26. The van der Waals surface area contributed by atoms with E-state index >= 15 is 0 Å². The van der Waals surface area contributed by atoms with E-state index in [2.05, 4.69) is 43.1 Å². The molecule has 4 heterocycles. The Balaban J connectivity index is 1.36. The van der Waals surface area contributed by atoms with E-state index in [4.69, 9.17) is 4.98 Å². The third kappa shape index (κ3) is 5.26. The van der Waals surface area contributed by atoms with E-state index in [-0.39, 0.29) is 10.8 Å². The molecule has 0 atom stereocenters. The zero-order chi connectivity index (χ0) is 31.5. The SMILES string of the molecule is Cc1ccc(S(=O)(=O)n2cc(-c3ccc4c(c3)CCN(C)C4=O)c3cc(-c4ccc(C5CCN(C)CC5)c(C)c4)cnc32)cc1. The van der Waals surface area contributed by atoms with Crippen LogP contribution in [0.5, 0.6) is 0 Å². The summed E-state index contributed by atoms with van der Waals surface area (Å²) in [6.07, 6.45) is 6.54. The van der Waals surface area contributed by atoms with Gasteiger partial charge >= 0.3 is 0 Å². The maximum absolute atomic E-state index is 14.0. The fraction of sp³-hybridized carbons (Fsp3) is 0.297. The highest BCUT2D eigenvalue weighted by atomic mass is 32.2. The lowest BCUT2D eigenvalue weighted by Crippen LogP contribution is -2.34. The Morgan fingerprint density at radius 1 is 0.800 bits per heavy atom. The molecule has 0 aliphatic carbocycles. The third-order valence-electron chi connectivity index (χ3n) is 9.66. The number of hydrogen-bond acceptors (Lipinski definition) is 5. The molecule has 0 saturated carbocycles. The molecule has 0 spiro atoms. The van der Waals surface area contributed by atoms with Crippen LogP contribution in [0.25, 0.3) is 33.3 Å². The van der Waals surface area contributed by atoms with Crippen LogP contribution in [0.15, 0.2) is 84.0 Å². The van der Waals surface area contributed by atoms with Crippen molar-refractivity contribution in [2.24, 2.45) is 0 Å². The van der Waals surface area contributed by atoms with Crippen LogP contribution in [-0.2, 0) is 16.4 Å². The molecule has 3 aromatic carbocycles. The van der Waals surface area contributed by atoms with Crippen molar-refractivity contribution < 1.29 is 13.2 Å². The first kappa shape index (κ1) is 29.4. The quantitative estimate of drug-likeness (QED) is 0.220. The summed E-state index contributed by atoms with van der Waals surface area (Å²) < 4.78 is 29.3. The minimum Gasteiger partial charge on any atom is -0.341 e. The Morgan fingerprint density at radius 3 is 2.27 bits per heavy atom. The van der Waals surface area contributed by atoms with Crippen LogP contribution in [0, 0.1) is 13.8 Å². The van der Waals surface area contributed by atoms with Crippen LogP contribution >= 0.6 is 0 Å². The van der Waals surface area contributed by atoms with Gasteiger partial charge in [0.1, 0.15) is 0 Å². The summed E-state index contributed by atoms with van der Waals surface area (Å²) in [5, 5.41) is 0.749. The summed E-state index contributed by atoms with van der Waals surface area (Å²) in [6.45, 7) is 7.00. The number of likely N-dealkylation sites (N-methyl/N-ethyl adjacent to an activating group) is 1. The van der Waals surface area contributed by atoms with Crippen LogP contribution in [0.4, 0.5) is 0 Å². The zero-order valence-corrected chi connectivity index (χ0v) is 27.1. The maximum atomic E-state index is 14.0. The van der Waals surface area contributed by atoms with Crippen molar-refractivity contribution in [2.45, 2.75) is 43.9 Å². The van der Waals surface area contributed by atoms with Crippen molar-refractivity contribution in [3.63, 3.8) is 0 Å². The van der Waals surface area contributed by atoms with Crippen LogP contribution in [-0.4, -0.2) is 66.8 Å². The number of nitrogens with zero attached hydrogens (tertiary/aromatic N) is 4. The van der Waals surface area contributed by atoms with Gasteiger partial charge in [0.25, 0.3) is 15.9 Å². The zero-order valence-electron chi connectivity index (χ0n) is 26.2. The molecule has 7 rings (SSSR count). The van der Waals surface area contributed by atoms with Gasteiger partial charge in [0.15, 0.2) is 5.65 Å². The number of hydrogen-bond donors (Lipinski definition) is 0. The summed E-state index contributed by atoms with van der Waals surface area (Å²) in [7, 11) is 0.0839. The monoisotopic (exact) mass is 618 g/mol. The fourth-order valence-electron chi connectivity index (χ4n) is 6.88. The molecular formula is C37H38N4O3S. The Morgan fingerprint density at radius 2 is 1.53 bits per heavy atom. The number of carbonyl (C=O) groups excluding carboxylic acids is 1. The van der Waals surface area contributed by atoms with Gasteiger partial charge in [-0.3, -0.25) is 4.79 Å². The Kier molecular flexibility index (Phi) is 7.37.